The molecule has 0 saturated carbocycles. The summed E-state index contributed by atoms with van der Waals surface area (Å²) >= 11 is 0. The van der Waals surface area contributed by atoms with E-state index in [1.165, 1.54) is 6.08 Å². The number of allylic oxidation sites excluding steroid dienone is 1. The molecule has 1 aromatic heterocycles. The first-order chi connectivity index (χ1) is 12.9. The fourth-order valence-corrected chi connectivity index (χ4v) is 3.08. The highest BCUT2D eigenvalue weighted by atomic mass is 16.5. The molecule has 136 valence electrons. The minimum absolute atomic E-state index is 0.191. The topological polar surface area (TPSA) is 48.7 Å². The zero-order valence-electron chi connectivity index (χ0n) is 15.5. The van der Waals surface area contributed by atoms with E-state index in [4.69, 9.17) is 13.9 Å². The number of furan rings is 1. The van der Waals surface area contributed by atoms with Crippen LogP contribution >= 0.6 is 0 Å². The third-order valence-corrected chi connectivity index (χ3v) is 4.47. The van der Waals surface area contributed by atoms with Crippen molar-refractivity contribution in [3.05, 3.63) is 71.5 Å². The van der Waals surface area contributed by atoms with E-state index >= 15 is 0 Å². The number of hydrogen-bond donors (Lipinski definition) is 0. The summed E-state index contributed by atoms with van der Waals surface area (Å²) in [7, 11) is 1.61. The molecule has 0 N–H and O–H groups in total. The van der Waals surface area contributed by atoms with Crippen LogP contribution in [0.25, 0.3) is 23.1 Å². The SMILES string of the molecule is COc1cccc(/C=C/C(=O)c2cc3ccc4c(c3o2)C=CC(C)(C)O4)c1. The Morgan fingerprint density at radius 1 is 1.15 bits per heavy atom. The lowest BCUT2D eigenvalue weighted by Crippen LogP contribution is -2.27. The Balaban J connectivity index is 1.64. The second kappa shape index (κ2) is 6.47. The molecule has 27 heavy (non-hydrogen) atoms. The van der Waals surface area contributed by atoms with Crippen LogP contribution in [0, 0.1) is 0 Å². The molecular formula is C23H20O4. The van der Waals surface area contributed by atoms with Crippen molar-refractivity contribution in [1.82, 2.24) is 0 Å². The van der Waals surface area contributed by atoms with Gasteiger partial charge in [0.2, 0.25) is 5.78 Å². The molecule has 4 heteroatoms. The van der Waals surface area contributed by atoms with E-state index in [9.17, 15) is 4.79 Å². The molecule has 0 atom stereocenters. The molecule has 3 aromatic rings. The summed E-state index contributed by atoms with van der Waals surface area (Å²) in [5, 5.41) is 0.875. The van der Waals surface area contributed by atoms with Crippen molar-refractivity contribution >= 4 is 28.9 Å². The lowest BCUT2D eigenvalue weighted by atomic mass is 10.0. The van der Waals surface area contributed by atoms with E-state index in [1.807, 2.05) is 62.4 Å². The van der Waals surface area contributed by atoms with Gasteiger partial charge in [-0.15, -0.1) is 0 Å². The summed E-state index contributed by atoms with van der Waals surface area (Å²) in [6, 6.07) is 13.1. The van der Waals surface area contributed by atoms with Gasteiger partial charge in [-0.1, -0.05) is 18.2 Å². The summed E-state index contributed by atoms with van der Waals surface area (Å²) in [4.78, 5) is 12.6. The molecule has 1 aliphatic rings. The van der Waals surface area contributed by atoms with Crippen molar-refractivity contribution in [3.8, 4) is 11.5 Å². The molecule has 0 spiro atoms. The van der Waals surface area contributed by atoms with Gasteiger partial charge in [-0.25, -0.2) is 0 Å². The van der Waals surface area contributed by atoms with Gasteiger partial charge in [-0.05, 0) is 68.0 Å². The van der Waals surface area contributed by atoms with Gasteiger partial charge in [0.15, 0.2) is 5.76 Å². The molecule has 0 radical (unpaired) electrons. The van der Waals surface area contributed by atoms with Gasteiger partial charge in [0.25, 0.3) is 0 Å². The number of rotatable bonds is 4. The van der Waals surface area contributed by atoms with Gasteiger partial charge in [0.05, 0.1) is 12.7 Å². The minimum atomic E-state index is -0.356. The highest BCUT2D eigenvalue weighted by molar-refractivity contribution is 6.07. The molecule has 0 saturated heterocycles. The Morgan fingerprint density at radius 2 is 2.00 bits per heavy atom. The van der Waals surface area contributed by atoms with Crippen LogP contribution in [0.5, 0.6) is 11.5 Å². The Labute approximate surface area is 157 Å². The number of fused-ring (bicyclic) bond motifs is 3. The quantitative estimate of drug-likeness (QED) is 0.454. The normalized spacial score (nSPS) is 14.9. The van der Waals surface area contributed by atoms with E-state index in [-0.39, 0.29) is 11.4 Å². The first-order valence-corrected chi connectivity index (χ1v) is 8.76. The predicted molar refractivity (Wildman–Crippen MR) is 106 cm³/mol. The molecule has 0 amide bonds. The molecule has 0 fully saturated rings. The van der Waals surface area contributed by atoms with E-state index < -0.39 is 0 Å². The van der Waals surface area contributed by atoms with Crippen LogP contribution in [0.4, 0.5) is 0 Å². The van der Waals surface area contributed by atoms with E-state index in [0.29, 0.717) is 11.3 Å². The fourth-order valence-electron chi connectivity index (χ4n) is 3.08. The van der Waals surface area contributed by atoms with E-state index in [0.717, 1.165) is 28.0 Å². The molecule has 4 nitrogen and oxygen atoms in total. The molecule has 0 aliphatic carbocycles. The summed E-state index contributed by atoms with van der Waals surface area (Å²) < 4.78 is 17.0. The number of ketones is 1. The van der Waals surface area contributed by atoms with Crippen molar-refractivity contribution in [1.29, 1.82) is 0 Å². The number of benzene rings is 2. The Hall–Kier alpha value is -3.27. The second-order valence-electron chi connectivity index (χ2n) is 7.02. The maximum Gasteiger partial charge on any atom is 0.221 e. The monoisotopic (exact) mass is 360 g/mol. The van der Waals surface area contributed by atoms with Crippen LogP contribution < -0.4 is 9.47 Å². The molecule has 4 rings (SSSR count). The Kier molecular flexibility index (Phi) is 4.11. The zero-order chi connectivity index (χ0) is 19.0. The highest BCUT2D eigenvalue weighted by Gasteiger charge is 2.24. The Morgan fingerprint density at radius 3 is 2.81 bits per heavy atom. The number of carbonyl (C=O) groups is 1. The number of hydrogen-bond acceptors (Lipinski definition) is 4. The van der Waals surface area contributed by atoms with Gasteiger partial charge in [0, 0.05) is 5.39 Å². The number of ether oxygens (including phenoxy) is 2. The lowest BCUT2D eigenvalue weighted by Gasteiger charge is -2.27. The summed E-state index contributed by atoms with van der Waals surface area (Å²) in [5.41, 5.74) is 2.06. The molecule has 1 aliphatic heterocycles. The van der Waals surface area contributed by atoms with Crippen molar-refractivity contribution in [2.75, 3.05) is 7.11 Å². The zero-order valence-corrected chi connectivity index (χ0v) is 15.5. The number of methoxy groups -OCH3 is 1. The maximum absolute atomic E-state index is 12.6. The van der Waals surface area contributed by atoms with Crippen LogP contribution in [-0.4, -0.2) is 18.5 Å². The van der Waals surface area contributed by atoms with E-state index in [1.54, 1.807) is 19.3 Å². The molecule has 2 heterocycles. The smallest absolute Gasteiger partial charge is 0.221 e. The average molecular weight is 360 g/mol. The largest absolute Gasteiger partial charge is 0.497 e. The van der Waals surface area contributed by atoms with Gasteiger partial charge in [-0.3, -0.25) is 4.79 Å². The van der Waals surface area contributed by atoms with Crippen molar-refractivity contribution < 1.29 is 18.7 Å². The molecule has 2 aromatic carbocycles. The fraction of sp³-hybridized carbons (Fsp3) is 0.174. The van der Waals surface area contributed by atoms with Crippen molar-refractivity contribution in [2.24, 2.45) is 0 Å². The maximum atomic E-state index is 12.6. The number of carbonyl (C=O) groups excluding carboxylic acids is 1. The first kappa shape index (κ1) is 17.2. The third kappa shape index (κ3) is 3.38. The first-order valence-electron chi connectivity index (χ1n) is 8.76. The van der Waals surface area contributed by atoms with Crippen LogP contribution in [-0.2, 0) is 0 Å². The lowest BCUT2D eigenvalue weighted by molar-refractivity contribution is 0.102. The van der Waals surface area contributed by atoms with E-state index in [2.05, 4.69) is 0 Å². The minimum Gasteiger partial charge on any atom is -0.497 e. The van der Waals surface area contributed by atoms with Crippen molar-refractivity contribution in [3.63, 3.8) is 0 Å². The summed E-state index contributed by atoms with van der Waals surface area (Å²) in [6.45, 7) is 3.99. The Bertz CT molecular complexity index is 1080. The van der Waals surface area contributed by atoms with Gasteiger partial charge < -0.3 is 13.9 Å². The standard InChI is InChI=1S/C23H20O4/c1-23(2)12-11-18-20(27-23)10-8-16-14-21(26-22(16)18)19(24)9-7-15-5-4-6-17(13-15)25-3/h4-14H,1-3H3/b9-7+. The van der Waals surface area contributed by atoms with Crippen LogP contribution in [0.15, 0.2) is 59.0 Å². The summed E-state index contributed by atoms with van der Waals surface area (Å²) in [5.74, 6) is 1.62. The second-order valence-corrected chi connectivity index (χ2v) is 7.02. The average Bonchev–Trinajstić information content (AvgIpc) is 3.10. The molecule has 0 bridgehead atoms. The van der Waals surface area contributed by atoms with Crippen molar-refractivity contribution in [2.45, 2.75) is 19.4 Å². The van der Waals surface area contributed by atoms with Gasteiger partial charge in [0.1, 0.15) is 22.7 Å². The molecule has 0 unspecified atom stereocenters. The highest BCUT2D eigenvalue weighted by Crippen LogP contribution is 2.37. The predicted octanol–water partition coefficient (Wildman–Crippen LogP) is 5.52. The third-order valence-electron chi connectivity index (χ3n) is 4.47. The molecular weight excluding hydrogens is 340 g/mol. The van der Waals surface area contributed by atoms with Crippen LogP contribution in [0.2, 0.25) is 0 Å². The summed E-state index contributed by atoms with van der Waals surface area (Å²) in [6.07, 6.45) is 7.24. The van der Waals surface area contributed by atoms with Crippen LogP contribution in [0.1, 0.15) is 35.5 Å². The van der Waals surface area contributed by atoms with Crippen LogP contribution in [0.3, 0.4) is 0 Å². The van der Waals surface area contributed by atoms with Gasteiger partial charge in [-0.2, -0.15) is 0 Å². The van der Waals surface area contributed by atoms with Gasteiger partial charge >= 0.3 is 0 Å².